The van der Waals surface area contributed by atoms with E-state index in [2.05, 4.69) is 12.2 Å². The van der Waals surface area contributed by atoms with Crippen molar-refractivity contribution in [2.45, 2.75) is 71.3 Å². The Morgan fingerprint density at radius 2 is 1.79 bits per heavy atom. The first-order chi connectivity index (χ1) is 9.13. The highest BCUT2D eigenvalue weighted by Crippen LogP contribution is 2.25. The maximum atomic E-state index is 11.8. The van der Waals surface area contributed by atoms with Crippen molar-refractivity contribution in [3.05, 3.63) is 0 Å². The molecule has 0 spiro atoms. The highest BCUT2D eigenvalue weighted by molar-refractivity contribution is 5.81. The second-order valence-electron chi connectivity index (χ2n) is 5.41. The van der Waals surface area contributed by atoms with Gasteiger partial charge in [0.1, 0.15) is 0 Å². The Bertz CT molecular complexity index is 283. The van der Waals surface area contributed by atoms with Crippen molar-refractivity contribution < 1.29 is 14.3 Å². The van der Waals surface area contributed by atoms with Crippen LogP contribution in [0.2, 0.25) is 0 Å². The van der Waals surface area contributed by atoms with Crippen LogP contribution in [0.25, 0.3) is 0 Å². The maximum absolute atomic E-state index is 11.8. The van der Waals surface area contributed by atoms with Crippen molar-refractivity contribution in [2.24, 2.45) is 5.92 Å². The summed E-state index contributed by atoms with van der Waals surface area (Å²) in [6.07, 6.45) is 8.01. The molecule has 110 valence electrons. The highest BCUT2D eigenvalue weighted by atomic mass is 16.5. The standard InChI is InChI=1S/C15H27NO3/c1-3-19-15(18)11-10-14(17)16-12(2)13-8-6-4-5-7-9-13/h12-13H,3-11H2,1-2H3,(H,16,17)/t12-/m1/s1. The molecule has 4 nitrogen and oxygen atoms in total. The molecule has 1 fully saturated rings. The van der Waals surface area contributed by atoms with Crippen LogP contribution in [0.5, 0.6) is 0 Å². The molecule has 0 radical (unpaired) electrons. The van der Waals surface area contributed by atoms with Gasteiger partial charge >= 0.3 is 5.97 Å². The zero-order valence-electron chi connectivity index (χ0n) is 12.2. The first-order valence-corrected chi connectivity index (χ1v) is 7.58. The fourth-order valence-electron chi connectivity index (χ4n) is 2.70. The Labute approximate surface area is 116 Å². The van der Waals surface area contributed by atoms with Gasteiger partial charge < -0.3 is 10.1 Å². The van der Waals surface area contributed by atoms with Crippen LogP contribution in [0.15, 0.2) is 0 Å². The Morgan fingerprint density at radius 3 is 2.37 bits per heavy atom. The quantitative estimate of drug-likeness (QED) is 0.596. The van der Waals surface area contributed by atoms with E-state index in [-0.39, 0.29) is 30.8 Å². The molecule has 0 heterocycles. The lowest BCUT2D eigenvalue weighted by Gasteiger charge is -2.23. The summed E-state index contributed by atoms with van der Waals surface area (Å²) in [5, 5.41) is 3.03. The molecule has 1 atom stereocenters. The first-order valence-electron chi connectivity index (χ1n) is 7.58. The average molecular weight is 269 g/mol. The number of carbonyl (C=O) groups excluding carboxylic acids is 2. The molecular weight excluding hydrogens is 242 g/mol. The summed E-state index contributed by atoms with van der Waals surface area (Å²) in [5.74, 6) is 0.263. The van der Waals surface area contributed by atoms with Gasteiger partial charge in [0.25, 0.3) is 0 Å². The van der Waals surface area contributed by atoms with Gasteiger partial charge in [-0.15, -0.1) is 0 Å². The summed E-state index contributed by atoms with van der Waals surface area (Å²) in [4.78, 5) is 23.0. The van der Waals surface area contributed by atoms with Crippen molar-refractivity contribution in [1.82, 2.24) is 5.32 Å². The van der Waals surface area contributed by atoms with E-state index in [9.17, 15) is 9.59 Å². The lowest BCUT2D eigenvalue weighted by atomic mass is 9.93. The minimum absolute atomic E-state index is 0.0372. The second kappa shape index (κ2) is 8.94. The van der Waals surface area contributed by atoms with Gasteiger partial charge in [-0.05, 0) is 32.6 Å². The Hall–Kier alpha value is -1.06. The molecule has 4 heteroatoms. The molecule has 1 rings (SSSR count). The SMILES string of the molecule is CCOC(=O)CCC(=O)N[C@H](C)C1CCCCCC1. The zero-order valence-corrected chi connectivity index (χ0v) is 12.2. The topological polar surface area (TPSA) is 55.4 Å². The molecule has 0 saturated heterocycles. The first kappa shape index (κ1) is 16.0. The smallest absolute Gasteiger partial charge is 0.306 e. The summed E-state index contributed by atoms with van der Waals surface area (Å²) in [5.41, 5.74) is 0. The van der Waals surface area contributed by atoms with Crippen LogP contribution < -0.4 is 5.32 Å². The molecule has 0 aromatic rings. The van der Waals surface area contributed by atoms with Crippen LogP contribution in [0, 0.1) is 5.92 Å². The van der Waals surface area contributed by atoms with Crippen molar-refractivity contribution in [3.8, 4) is 0 Å². The van der Waals surface area contributed by atoms with Gasteiger partial charge in [0, 0.05) is 12.5 Å². The van der Waals surface area contributed by atoms with Crippen LogP contribution in [-0.4, -0.2) is 24.5 Å². The minimum Gasteiger partial charge on any atom is -0.466 e. The fraction of sp³-hybridized carbons (Fsp3) is 0.867. The van der Waals surface area contributed by atoms with Gasteiger partial charge in [0.2, 0.25) is 5.91 Å². The van der Waals surface area contributed by atoms with Gasteiger partial charge in [0.15, 0.2) is 0 Å². The van der Waals surface area contributed by atoms with Crippen molar-refractivity contribution in [2.75, 3.05) is 6.61 Å². The third kappa shape index (κ3) is 6.60. The molecular formula is C15H27NO3. The summed E-state index contributed by atoms with van der Waals surface area (Å²) in [7, 11) is 0. The number of nitrogens with one attached hydrogen (secondary N) is 1. The van der Waals surface area contributed by atoms with Gasteiger partial charge in [-0.2, -0.15) is 0 Å². The predicted molar refractivity (Wildman–Crippen MR) is 74.7 cm³/mol. The molecule has 0 unspecified atom stereocenters. The Balaban J connectivity index is 2.24. The van der Waals surface area contributed by atoms with E-state index in [0.717, 1.165) is 0 Å². The van der Waals surface area contributed by atoms with Crippen LogP contribution >= 0.6 is 0 Å². The minimum atomic E-state index is -0.292. The summed E-state index contributed by atoms with van der Waals surface area (Å²) in [6.45, 7) is 4.23. The predicted octanol–water partition coefficient (Wildman–Crippen LogP) is 2.80. The van der Waals surface area contributed by atoms with Gasteiger partial charge in [-0.25, -0.2) is 0 Å². The lowest BCUT2D eigenvalue weighted by molar-refractivity contribution is -0.144. The Kier molecular flexibility index (Phi) is 7.53. The fourth-order valence-corrected chi connectivity index (χ4v) is 2.70. The molecule has 1 saturated carbocycles. The van der Waals surface area contributed by atoms with E-state index in [0.29, 0.717) is 12.5 Å². The van der Waals surface area contributed by atoms with Crippen LogP contribution in [0.3, 0.4) is 0 Å². The molecule has 1 aliphatic carbocycles. The van der Waals surface area contributed by atoms with Crippen LogP contribution in [-0.2, 0) is 14.3 Å². The third-order valence-electron chi connectivity index (χ3n) is 3.86. The maximum Gasteiger partial charge on any atom is 0.306 e. The van der Waals surface area contributed by atoms with E-state index in [4.69, 9.17) is 4.74 Å². The number of rotatable bonds is 6. The van der Waals surface area contributed by atoms with Gasteiger partial charge in [0.05, 0.1) is 13.0 Å². The van der Waals surface area contributed by atoms with E-state index in [1.54, 1.807) is 6.92 Å². The number of amides is 1. The number of hydrogen-bond acceptors (Lipinski definition) is 3. The van der Waals surface area contributed by atoms with E-state index >= 15 is 0 Å². The van der Waals surface area contributed by atoms with Gasteiger partial charge in [-0.1, -0.05) is 25.7 Å². The second-order valence-corrected chi connectivity index (χ2v) is 5.41. The third-order valence-corrected chi connectivity index (χ3v) is 3.86. The Morgan fingerprint density at radius 1 is 1.16 bits per heavy atom. The summed E-state index contributed by atoms with van der Waals surface area (Å²) >= 11 is 0. The number of hydrogen-bond donors (Lipinski definition) is 1. The van der Waals surface area contributed by atoms with Crippen LogP contribution in [0.1, 0.15) is 65.2 Å². The van der Waals surface area contributed by atoms with E-state index in [1.165, 1.54) is 38.5 Å². The molecule has 1 amide bonds. The monoisotopic (exact) mass is 269 g/mol. The summed E-state index contributed by atoms with van der Waals surface area (Å²) in [6, 6.07) is 0.216. The lowest BCUT2D eigenvalue weighted by Crippen LogP contribution is -2.38. The van der Waals surface area contributed by atoms with Gasteiger partial charge in [-0.3, -0.25) is 9.59 Å². The van der Waals surface area contributed by atoms with Crippen molar-refractivity contribution in [3.63, 3.8) is 0 Å². The number of ether oxygens (including phenoxy) is 1. The largest absolute Gasteiger partial charge is 0.466 e. The van der Waals surface area contributed by atoms with E-state index in [1.807, 2.05) is 0 Å². The highest BCUT2D eigenvalue weighted by Gasteiger charge is 2.20. The number of carbonyl (C=O) groups is 2. The normalized spacial score (nSPS) is 18.4. The number of esters is 1. The molecule has 1 aliphatic rings. The average Bonchev–Trinajstić information content (AvgIpc) is 2.65. The molecule has 0 aromatic carbocycles. The summed E-state index contributed by atoms with van der Waals surface area (Å²) < 4.78 is 4.81. The molecule has 0 bridgehead atoms. The molecule has 19 heavy (non-hydrogen) atoms. The molecule has 0 aliphatic heterocycles. The zero-order chi connectivity index (χ0) is 14.1. The molecule has 1 N–H and O–H groups in total. The van der Waals surface area contributed by atoms with E-state index < -0.39 is 0 Å². The molecule has 0 aromatic heterocycles. The van der Waals surface area contributed by atoms with Crippen molar-refractivity contribution >= 4 is 11.9 Å². The van der Waals surface area contributed by atoms with Crippen molar-refractivity contribution in [1.29, 1.82) is 0 Å². The van der Waals surface area contributed by atoms with Crippen LogP contribution in [0.4, 0.5) is 0 Å².